The van der Waals surface area contributed by atoms with Crippen molar-refractivity contribution >= 4 is 5.95 Å². The molecule has 1 aromatic heterocycles. The highest BCUT2D eigenvalue weighted by molar-refractivity contribution is 5.25. The van der Waals surface area contributed by atoms with Crippen LogP contribution in [-0.4, -0.2) is 16.1 Å². The number of anilines is 1. The van der Waals surface area contributed by atoms with Gasteiger partial charge in [-0.25, -0.2) is 4.98 Å². The largest absolute Gasteiger partial charge is 0.355 e. The maximum Gasteiger partial charge on any atom is 0.202 e. The number of rotatable bonds is 6. The zero-order chi connectivity index (χ0) is 11.5. The Hall–Kier alpha value is -0.990. The van der Waals surface area contributed by atoms with Gasteiger partial charge in [-0.05, 0) is 30.6 Å². The highest BCUT2D eigenvalue weighted by Crippen LogP contribution is 2.37. The molecule has 1 aromatic rings. The monoisotopic (exact) mass is 221 g/mol. The second kappa shape index (κ2) is 4.89. The summed E-state index contributed by atoms with van der Waals surface area (Å²) in [6.45, 7) is 8.88. The van der Waals surface area contributed by atoms with Gasteiger partial charge in [0, 0.05) is 25.5 Å². The van der Waals surface area contributed by atoms with Gasteiger partial charge in [-0.2, -0.15) is 0 Å². The number of hydrogen-bond acceptors (Lipinski definition) is 2. The molecule has 1 saturated carbocycles. The van der Waals surface area contributed by atoms with E-state index in [2.05, 4.69) is 41.8 Å². The van der Waals surface area contributed by atoms with Gasteiger partial charge in [0.25, 0.3) is 0 Å². The van der Waals surface area contributed by atoms with E-state index in [9.17, 15) is 0 Å². The first kappa shape index (κ1) is 11.5. The fourth-order valence-corrected chi connectivity index (χ4v) is 2.04. The molecule has 0 bridgehead atoms. The van der Waals surface area contributed by atoms with Crippen LogP contribution in [0.15, 0.2) is 12.4 Å². The molecule has 1 aliphatic rings. The van der Waals surface area contributed by atoms with Gasteiger partial charge < -0.3 is 9.88 Å². The number of nitrogens with zero attached hydrogens (tertiary/aromatic N) is 2. The third kappa shape index (κ3) is 3.00. The van der Waals surface area contributed by atoms with Crippen LogP contribution in [0.4, 0.5) is 5.95 Å². The minimum absolute atomic E-state index is 0.658. The van der Waals surface area contributed by atoms with E-state index in [1.807, 2.05) is 6.20 Å². The molecular formula is C13H23N3. The summed E-state index contributed by atoms with van der Waals surface area (Å²) in [6.07, 6.45) is 6.82. The van der Waals surface area contributed by atoms with Crippen LogP contribution in [0, 0.1) is 17.8 Å². The summed E-state index contributed by atoms with van der Waals surface area (Å²) in [5, 5.41) is 3.41. The molecule has 1 unspecified atom stereocenters. The van der Waals surface area contributed by atoms with E-state index in [0.29, 0.717) is 5.92 Å². The van der Waals surface area contributed by atoms with Gasteiger partial charge in [0.1, 0.15) is 0 Å². The molecule has 0 aliphatic heterocycles. The third-order valence-electron chi connectivity index (χ3n) is 3.30. The molecule has 2 rings (SSSR count). The summed E-state index contributed by atoms with van der Waals surface area (Å²) in [5.41, 5.74) is 0. The van der Waals surface area contributed by atoms with Crippen LogP contribution < -0.4 is 5.32 Å². The Labute approximate surface area is 98.3 Å². The highest BCUT2D eigenvalue weighted by atomic mass is 15.2. The van der Waals surface area contributed by atoms with Gasteiger partial charge >= 0.3 is 0 Å². The van der Waals surface area contributed by atoms with Crippen LogP contribution in [0.25, 0.3) is 0 Å². The zero-order valence-corrected chi connectivity index (χ0v) is 10.6. The maximum atomic E-state index is 4.37. The Kier molecular flexibility index (Phi) is 3.52. The molecule has 3 nitrogen and oxygen atoms in total. The van der Waals surface area contributed by atoms with Crippen molar-refractivity contribution in [2.24, 2.45) is 17.8 Å². The second-order valence-electron chi connectivity index (χ2n) is 5.49. The molecule has 1 atom stereocenters. The summed E-state index contributed by atoms with van der Waals surface area (Å²) >= 11 is 0. The minimum atomic E-state index is 0.658. The summed E-state index contributed by atoms with van der Waals surface area (Å²) in [7, 11) is 0. The van der Waals surface area contributed by atoms with Crippen LogP contribution in [-0.2, 0) is 6.54 Å². The van der Waals surface area contributed by atoms with Gasteiger partial charge in [0.2, 0.25) is 5.95 Å². The topological polar surface area (TPSA) is 29.9 Å². The molecule has 1 aliphatic carbocycles. The quantitative estimate of drug-likeness (QED) is 0.800. The number of nitrogens with one attached hydrogen (secondary N) is 1. The Morgan fingerprint density at radius 3 is 2.81 bits per heavy atom. The van der Waals surface area contributed by atoms with Crippen LogP contribution in [0.2, 0.25) is 0 Å². The lowest BCUT2D eigenvalue weighted by molar-refractivity contribution is 0.432. The van der Waals surface area contributed by atoms with Gasteiger partial charge in [-0.3, -0.25) is 0 Å². The first-order chi connectivity index (χ1) is 7.66. The van der Waals surface area contributed by atoms with E-state index >= 15 is 0 Å². The van der Waals surface area contributed by atoms with E-state index < -0.39 is 0 Å². The molecule has 1 heterocycles. The van der Waals surface area contributed by atoms with Crippen LogP contribution >= 0.6 is 0 Å². The third-order valence-corrected chi connectivity index (χ3v) is 3.30. The Morgan fingerprint density at radius 2 is 2.19 bits per heavy atom. The predicted molar refractivity (Wildman–Crippen MR) is 67.4 cm³/mol. The molecular weight excluding hydrogens is 198 g/mol. The van der Waals surface area contributed by atoms with Crippen molar-refractivity contribution in [3.63, 3.8) is 0 Å². The second-order valence-corrected chi connectivity index (χ2v) is 5.49. The van der Waals surface area contributed by atoms with E-state index in [1.54, 1.807) is 0 Å². The van der Waals surface area contributed by atoms with Crippen molar-refractivity contribution in [2.75, 3.05) is 11.9 Å². The van der Waals surface area contributed by atoms with E-state index in [4.69, 9.17) is 0 Å². The lowest BCUT2D eigenvalue weighted by Crippen LogP contribution is -2.15. The molecule has 0 aromatic carbocycles. The molecule has 1 N–H and O–H groups in total. The predicted octanol–water partition coefficient (Wildman–Crippen LogP) is 3.00. The fraction of sp³-hybridized carbons (Fsp3) is 0.769. The SMILES string of the molecule is CC(C)CNc1nccn1CC(C)C1CC1. The Bertz CT molecular complexity index is 326. The maximum absolute atomic E-state index is 4.37. The van der Waals surface area contributed by atoms with Gasteiger partial charge in [-0.15, -0.1) is 0 Å². The van der Waals surface area contributed by atoms with Crippen molar-refractivity contribution in [3.8, 4) is 0 Å². The number of aromatic nitrogens is 2. The summed E-state index contributed by atoms with van der Waals surface area (Å²) in [5.74, 6) is 3.43. The molecule has 0 saturated heterocycles. The average Bonchev–Trinajstić information content (AvgIpc) is 2.99. The van der Waals surface area contributed by atoms with Crippen molar-refractivity contribution in [2.45, 2.75) is 40.2 Å². The van der Waals surface area contributed by atoms with E-state index in [0.717, 1.165) is 30.9 Å². The zero-order valence-electron chi connectivity index (χ0n) is 10.6. The molecule has 0 spiro atoms. The smallest absolute Gasteiger partial charge is 0.202 e. The van der Waals surface area contributed by atoms with Crippen LogP contribution in [0.1, 0.15) is 33.6 Å². The first-order valence-electron chi connectivity index (χ1n) is 6.42. The normalized spacial score (nSPS) is 17.8. The summed E-state index contributed by atoms with van der Waals surface area (Å²) < 4.78 is 2.26. The Balaban J connectivity index is 1.90. The van der Waals surface area contributed by atoms with Crippen LogP contribution in [0.3, 0.4) is 0 Å². The average molecular weight is 221 g/mol. The number of imidazole rings is 1. The van der Waals surface area contributed by atoms with Crippen molar-refractivity contribution in [3.05, 3.63) is 12.4 Å². The van der Waals surface area contributed by atoms with Gasteiger partial charge in [-0.1, -0.05) is 20.8 Å². The molecule has 90 valence electrons. The minimum Gasteiger partial charge on any atom is -0.355 e. The molecule has 3 heteroatoms. The van der Waals surface area contributed by atoms with E-state index in [-0.39, 0.29) is 0 Å². The number of hydrogen-bond donors (Lipinski definition) is 1. The standard InChI is InChI=1S/C13H23N3/c1-10(2)8-15-13-14-6-7-16(13)9-11(3)12-4-5-12/h6-7,10-12H,4-5,8-9H2,1-3H3,(H,14,15). The molecule has 0 radical (unpaired) electrons. The Morgan fingerprint density at radius 1 is 1.44 bits per heavy atom. The van der Waals surface area contributed by atoms with Gasteiger partial charge in [0.15, 0.2) is 0 Å². The highest BCUT2D eigenvalue weighted by Gasteiger charge is 2.28. The fourth-order valence-electron chi connectivity index (χ4n) is 2.04. The molecule has 16 heavy (non-hydrogen) atoms. The van der Waals surface area contributed by atoms with Crippen molar-refractivity contribution < 1.29 is 0 Å². The van der Waals surface area contributed by atoms with Crippen LogP contribution in [0.5, 0.6) is 0 Å². The first-order valence-corrected chi connectivity index (χ1v) is 6.42. The molecule has 1 fully saturated rings. The van der Waals surface area contributed by atoms with Crippen molar-refractivity contribution in [1.82, 2.24) is 9.55 Å². The van der Waals surface area contributed by atoms with Gasteiger partial charge in [0.05, 0.1) is 0 Å². The summed E-state index contributed by atoms with van der Waals surface area (Å²) in [6, 6.07) is 0. The van der Waals surface area contributed by atoms with E-state index in [1.165, 1.54) is 12.8 Å². The molecule has 0 amide bonds. The lowest BCUT2D eigenvalue weighted by Gasteiger charge is -2.15. The van der Waals surface area contributed by atoms with Crippen molar-refractivity contribution in [1.29, 1.82) is 0 Å². The summed E-state index contributed by atoms with van der Waals surface area (Å²) in [4.78, 5) is 4.37. The lowest BCUT2D eigenvalue weighted by atomic mass is 10.1.